The number of aliphatic hydroxyl groups excluding tert-OH is 1. The monoisotopic (exact) mass is 236 g/mol. The average molecular weight is 236 g/mol. The van der Waals surface area contributed by atoms with Crippen LogP contribution >= 0.6 is 0 Å². The molecule has 4 heteroatoms. The summed E-state index contributed by atoms with van der Waals surface area (Å²) in [6, 6.07) is 0. The summed E-state index contributed by atoms with van der Waals surface area (Å²) in [5.41, 5.74) is 1.81. The number of hydrogen-bond donors (Lipinski definition) is 1. The second-order valence-corrected chi connectivity index (χ2v) is 4.94. The molecular weight excluding hydrogens is 216 g/mol. The molecule has 17 heavy (non-hydrogen) atoms. The van der Waals surface area contributed by atoms with Gasteiger partial charge >= 0.3 is 0 Å². The minimum Gasteiger partial charge on any atom is -0.392 e. The number of aliphatic hydroxyl groups is 1. The second-order valence-electron chi connectivity index (χ2n) is 4.94. The van der Waals surface area contributed by atoms with Gasteiger partial charge < -0.3 is 9.84 Å². The number of aromatic nitrogens is 2. The Balaban J connectivity index is 2.14. The smallest absolute Gasteiger partial charge is 0.128 e. The van der Waals surface area contributed by atoms with Crippen LogP contribution in [0.1, 0.15) is 43.3 Å². The summed E-state index contributed by atoms with van der Waals surface area (Å²) in [6.07, 6.45) is 3.74. The molecular formula is C13H20N2O2. The van der Waals surface area contributed by atoms with E-state index in [1.165, 1.54) is 0 Å². The van der Waals surface area contributed by atoms with E-state index in [2.05, 4.69) is 23.8 Å². The predicted molar refractivity (Wildman–Crippen MR) is 64.7 cm³/mol. The van der Waals surface area contributed by atoms with E-state index in [4.69, 9.17) is 4.74 Å². The molecule has 1 aliphatic rings. The Hall–Kier alpha value is -1.00. The van der Waals surface area contributed by atoms with Gasteiger partial charge in [-0.25, -0.2) is 9.97 Å². The van der Waals surface area contributed by atoms with E-state index in [-0.39, 0.29) is 6.61 Å². The molecule has 4 nitrogen and oxygen atoms in total. The van der Waals surface area contributed by atoms with Crippen LogP contribution in [0, 0.1) is 5.92 Å². The predicted octanol–water partition coefficient (Wildman–Crippen LogP) is 1.67. The second kappa shape index (κ2) is 5.56. The van der Waals surface area contributed by atoms with Gasteiger partial charge in [0.25, 0.3) is 0 Å². The van der Waals surface area contributed by atoms with Crippen molar-refractivity contribution in [2.45, 2.75) is 39.2 Å². The molecule has 0 aromatic carbocycles. The summed E-state index contributed by atoms with van der Waals surface area (Å²) in [6.45, 7) is 5.87. The lowest BCUT2D eigenvalue weighted by molar-refractivity contribution is 0.185. The maximum absolute atomic E-state index is 9.24. The highest BCUT2D eigenvalue weighted by atomic mass is 16.5. The molecule has 1 atom stereocenters. The lowest BCUT2D eigenvalue weighted by atomic mass is 10.0. The molecule has 1 aromatic rings. The third-order valence-corrected chi connectivity index (χ3v) is 3.16. The molecule has 1 saturated heterocycles. The van der Waals surface area contributed by atoms with Crippen LogP contribution < -0.4 is 0 Å². The molecule has 0 radical (unpaired) electrons. The van der Waals surface area contributed by atoms with Gasteiger partial charge in [-0.2, -0.15) is 0 Å². The zero-order chi connectivity index (χ0) is 12.3. The fourth-order valence-corrected chi connectivity index (χ4v) is 2.18. The lowest BCUT2D eigenvalue weighted by Crippen LogP contribution is -2.11. The summed E-state index contributed by atoms with van der Waals surface area (Å²) in [4.78, 5) is 8.91. The largest absolute Gasteiger partial charge is 0.392 e. The average Bonchev–Trinajstić information content (AvgIpc) is 2.81. The molecule has 0 saturated carbocycles. The van der Waals surface area contributed by atoms with Gasteiger partial charge in [-0.3, -0.25) is 0 Å². The van der Waals surface area contributed by atoms with Crippen LogP contribution in [-0.2, 0) is 17.8 Å². The van der Waals surface area contributed by atoms with Crippen LogP contribution in [0.3, 0.4) is 0 Å². The molecule has 0 amide bonds. The van der Waals surface area contributed by atoms with Crippen molar-refractivity contribution in [3.8, 4) is 0 Å². The highest BCUT2D eigenvalue weighted by Crippen LogP contribution is 2.20. The number of nitrogens with zero attached hydrogens (tertiary/aromatic N) is 2. The van der Waals surface area contributed by atoms with Crippen molar-refractivity contribution in [1.82, 2.24) is 9.97 Å². The zero-order valence-corrected chi connectivity index (χ0v) is 10.5. The summed E-state index contributed by atoms with van der Waals surface area (Å²) < 4.78 is 5.36. The minimum atomic E-state index is 0.0142. The Morgan fingerprint density at radius 3 is 2.94 bits per heavy atom. The van der Waals surface area contributed by atoms with E-state index in [1.54, 1.807) is 6.20 Å². The van der Waals surface area contributed by atoms with Gasteiger partial charge in [-0.1, -0.05) is 13.8 Å². The van der Waals surface area contributed by atoms with Gasteiger partial charge in [-0.15, -0.1) is 0 Å². The Bertz CT molecular complexity index is 374. The molecule has 1 N–H and O–H groups in total. The molecule has 94 valence electrons. The first-order chi connectivity index (χ1) is 8.20. The molecule has 1 aliphatic heterocycles. The van der Waals surface area contributed by atoms with Gasteiger partial charge in [-0.05, 0) is 18.3 Å². The van der Waals surface area contributed by atoms with Crippen LogP contribution in [0.15, 0.2) is 6.20 Å². The fourth-order valence-electron chi connectivity index (χ4n) is 2.18. The molecule has 2 heterocycles. The summed E-state index contributed by atoms with van der Waals surface area (Å²) >= 11 is 0. The van der Waals surface area contributed by atoms with Crippen molar-refractivity contribution < 1.29 is 9.84 Å². The van der Waals surface area contributed by atoms with Crippen molar-refractivity contribution in [3.63, 3.8) is 0 Å². The van der Waals surface area contributed by atoms with E-state index in [1.807, 2.05) is 0 Å². The van der Waals surface area contributed by atoms with Crippen molar-refractivity contribution in [2.75, 3.05) is 13.2 Å². The SMILES string of the molecule is CC(C)c1nc(CC2CCOC2)ncc1CO. The highest BCUT2D eigenvalue weighted by Gasteiger charge is 2.18. The number of ether oxygens (including phenoxy) is 1. The van der Waals surface area contributed by atoms with Crippen LogP contribution in [0.25, 0.3) is 0 Å². The van der Waals surface area contributed by atoms with Gasteiger partial charge in [0.05, 0.1) is 12.3 Å². The van der Waals surface area contributed by atoms with Gasteiger partial charge in [0.2, 0.25) is 0 Å². The van der Waals surface area contributed by atoms with E-state index >= 15 is 0 Å². The molecule has 1 unspecified atom stereocenters. The van der Waals surface area contributed by atoms with E-state index < -0.39 is 0 Å². The normalized spacial score (nSPS) is 20.1. The summed E-state index contributed by atoms with van der Waals surface area (Å²) in [5.74, 6) is 1.75. The zero-order valence-electron chi connectivity index (χ0n) is 10.5. The molecule has 0 bridgehead atoms. The topological polar surface area (TPSA) is 55.2 Å². The Kier molecular flexibility index (Phi) is 4.07. The third-order valence-electron chi connectivity index (χ3n) is 3.16. The van der Waals surface area contributed by atoms with Crippen molar-refractivity contribution in [2.24, 2.45) is 5.92 Å². The van der Waals surface area contributed by atoms with Crippen molar-refractivity contribution in [1.29, 1.82) is 0 Å². The summed E-state index contributed by atoms with van der Waals surface area (Å²) in [5, 5.41) is 9.24. The van der Waals surface area contributed by atoms with Gasteiger partial charge in [0.15, 0.2) is 0 Å². The number of hydrogen-bond acceptors (Lipinski definition) is 4. The van der Waals surface area contributed by atoms with Gasteiger partial charge in [0, 0.05) is 31.4 Å². The number of rotatable bonds is 4. The molecule has 2 rings (SSSR count). The molecule has 0 aliphatic carbocycles. The first-order valence-electron chi connectivity index (χ1n) is 6.24. The van der Waals surface area contributed by atoms with E-state index in [0.717, 1.165) is 43.1 Å². The van der Waals surface area contributed by atoms with Crippen molar-refractivity contribution in [3.05, 3.63) is 23.3 Å². The maximum atomic E-state index is 9.24. The van der Waals surface area contributed by atoms with E-state index in [0.29, 0.717) is 11.8 Å². The quantitative estimate of drug-likeness (QED) is 0.864. The highest BCUT2D eigenvalue weighted by molar-refractivity contribution is 5.20. The van der Waals surface area contributed by atoms with Crippen LogP contribution in [0.2, 0.25) is 0 Å². The first kappa shape index (κ1) is 12.5. The lowest BCUT2D eigenvalue weighted by Gasteiger charge is -2.12. The van der Waals surface area contributed by atoms with Crippen LogP contribution in [-0.4, -0.2) is 28.3 Å². The Morgan fingerprint density at radius 1 is 1.53 bits per heavy atom. The minimum absolute atomic E-state index is 0.0142. The van der Waals surface area contributed by atoms with E-state index in [9.17, 15) is 5.11 Å². The molecule has 0 spiro atoms. The molecule has 1 fully saturated rings. The summed E-state index contributed by atoms with van der Waals surface area (Å²) in [7, 11) is 0. The Morgan fingerprint density at radius 2 is 2.35 bits per heavy atom. The molecule has 1 aromatic heterocycles. The third kappa shape index (κ3) is 3.01. The standard InChI is InChI=1S/C13H20N2O2/c1-9(2)13-11(7-16)6-14-12(15-13)5-10-3-4-17-8-10/h6,9-10,16H,3-5,7-8H2,1-2H3. The maximum Gasteiger partial charge on any atom is 0.128 e. The van der Waals surface area contributed by atoms with Gasteiger partial charge in [0.1, 0.15) is 5.82 Å². The first-order valence-corrected chi connectivity index (χ1v) is 6.24. The van der Waals surface area contributed by atoms with Crippen LogP contribution in [0.4, 0.5) is 0 Å². The Labute approximate surface area is 102 Å². The van der Waals surface area contributed by atoms with Crippen LogP contribution in [0.5, 0.6) is 0 Å². The fraction of sp³-hybridized carbons (Fsp3) is 0.692. The van der Waals surface area contributed by atoms with Crippen molar-refractivity contribution >= 4 is 0 Å².